The minimum Gasteiger partial charge on any atom is -0.497 e. The maximum Gasteiger partial charge on any atom is 0.243 e. The summed E-state index contributed by atoms with van der Waals surface area (Å²) in [6.45, 7) is 1.69. The van der Waals surface area contributed by atoms with Crippen molar-refractivity contribution < 1.29 is 22.7 Å². The number of para-hydroxylation sites is 1. The number of sulfonamides is 1. The predicted molar refractivity (Wildman–Crippen MR) is 131 cm³/mol. The molecule has 3 rings (SSSR count). The van der Waals surface area contributed by atoms with Crippen molar-refractivity contribution in [2.24, 2.45) is 0 Å². The molecule has 0 aliphatic heterocycles. The Hall–Kier alpha value is -3.36. The Balaban J connectivity index is 1.80. The van der Waals surface area contributed by atoms with Gasteiger partial charge in [-0.1, -0.05) is 48.5 Å². The summed E-state index contributed by atoms with van der Waals surface area (Å²) < 4.78 is 38.6. The maximum atomic E-state index is 13.4. The van der Waals surface area contributed by atoms with Gasteiger partial charge in [0.25, 0.3) is 0 Å². The van der Waals surface area contributed by atoms with Gasteiger partial charge < -0.3 is 14.8 Å². The van der Waals surface area contributed by atoms with E-state index < -0.39 is 15.9 Å². The van der Waals surface area contributed by atoms with E-state index in [2.05, 4.69) is 5.32 Å². The Labute approximate surface area is 201 Å². The number of benzene rings is 3. The molecule has 0 saturated heterocycles. The van der Waals surface area contributed by atoms with E-state index in [-0.39, 0.29) is 24.0 Å². The van der Waals surface area contributed by atoms with Gasteiger partial charge in [0.05, 0.1) is 31.7 Å². The molecule has 8 heteroatoms. The van der Waals surface area contributed by atoms with Crippen LogP contribution in [0.2, 0.25) is 0 Å². The maximum absolute atomic E-state index is 13.4. The van der Waals surface area contributed by atoms with E-state index in [0.717, 1.165) is 11.1 Å². The summed E-state index contributed by atoms with van der Waals surface area (Å²) >= 11 is 0. The summed E-state index contributed by atoms with van der Waals surface area (Å²) in [5.41, 5.74) is 1.80. The second kappa shape index (κ2) is 11.7. The molecule has 0 heterocycles. The van der Waals surface area contributed by atoms with Crippen molar-refractivity contribution in [1.29, 1.82) is 0 Å². The molecule has 180 valence electrons. The lowest BCUT2D eigenvalue weighted by Crippen LogP contribution is -2.42. The Morgan fingerprint density at radius 1 is 0.912 bits per heavy atom. The van der Waals surface area contributed by atoms with Gasteiger partial charge in [-0.3, -0.25) is 4.79 Å². The van der Waals surface area contributed by atoms with Gasteiger partial charge in [0, 0.05) is 12.1 Å². The van der Waals surface area contributed by atoms with Crippen LogP contribution in [0, 0.1) is 0 Å². The molecule has 0 saturated carbocycles. The molecule has 0 radical (unpaired) electrons. The van der Waals surface area contributed by atoms with E-state index in [9.17, 15) is 13.2 Å². The summed E-state index contributed by atoms with van der Waals surface area (Å²) in [5.74, 6) is 0.809. The predicted octanol–water partition coefficient (Wildman–Crippen LogP) is 3.81. The molecule has 1 amide bonds. The van der Waals surface area contributed by atoms with Crippen molar-refractivity contribution in [3.63, 3.8) is 0 Å². The molecule has 1 N–H and O–H groups in total. The first kappa shape index (κ1) is 25.3. The van der Waals surface area contributed by atoms with Gasteiger partial charge in [0.15, 0.2) is 0 Å². The lowest BCUT2D eigenvalue weighted by molar-refractivity contribution is -0.121. The molecule has 0 aromatic heterocycles. The Kier molecular flexibility index (Phi) is 8.67. The Morgan fingerprint density at radius 2 is 1.56 bits per heavy atom. The smallest absolute Gasteiger partial charge is 0.243 e. The summed E-state index contributed by atoms with van der Waals surface area (Å²) in [6, 6.07) is 22.8. The highest BCUT2D eigenvalue weighted by Gasteiger charge is 2.27. The molecule has 7 nitrogen and oxygen atoms in total. The number of nitrogens with one attached hydrogen (secondary N) is 1. The molecule has 1 atom stereocenters. The standard InChI is InChI=1S/C26H30N2O5S/c1-20(24-11-7-8-12-25(24)33-3)27-26(29)19-28(18-17-21-9-5-4-6-10-21)34(30,31)23-15-13-22(32-2)14-16-23/h4-16,20H,17-19H2,1-3H3,(H,27,29)/t20-/m0/s1. The van der Waals surface area contributed by atoms with Crippen LogP contribution in [0.4, 0.5) is 0 Å². The summed E-state index contributed by atoms with van der Waals surface area (Å²) in [6.07, 6.45) is 0.478. The van der Waals surface area contributed by atoms with Crippen LogP contribution in [0.15, 0.2) is 83.8 Å². The Morgan fingerprint density at radius 3 is 2.21 bits per heavy atom. The molecule has 0 bridgehead atoms. The van der Waals surface area contributed by atoms with Crippen LogP contribution < -0.4 is 14.8 Å². The second-order valence-corrected chi connectivity index (χ2v) is 9.72. The summed E-state index contributed by atoms with van der Waals surface area (Å²) in [7, 11) is -0.826. The SMILES string of the molecule is COc1ccc(S(=O)(=O)N(CCc2ccccc2)CC(=O)N[C@@H](C)c2ccccc2OC)cc1. The van der Waals surface area contributed by atoms with Gasteiger partial charge in [0.1, 0.15) is 11.5 Å². The highest BCUT2D eigenvalue weighted by atomic mass is 32.2. The third kappa shape index (κ3) is 6.36. The molecule has 0 spiro atoms. The zero-order valence-electron chi connectivity index (χ0n) is 19.6. The number of nitrogens with zero attached hydrogens (tertiary/aromatic N) is 1. The van der Waals surface area contributed by atoms with E-state index in [1.165, 1.54) is 23.5 Å². The molecule has 0 unspecified atom stereocenters. The molecule has 34 heavy (non-hydrogen) atoms. The van der Waals surface area contributed by atoms with Gasteiger partial charge >= 0.3 is 0 Å². The summed E-state index contributed by atoms with van der Waals surface area (Å²) in [5, 5.41) is 2.90. The van der Waals surface area contributed by atoms with Crippen molar-refractivity contribution in [1.82, 2.24) is 9.62 Å². The van der Waals surface area contributed by atoms with Crippen LogP contribution in [-0.4, -0.2) is 45.9 Å². The average molecular weight is 483 g/mol. The quantitative estimate of drug-likeness (QED) is 0.449. The van der Waals surface area contributed by atoms with Crippen LogP contribution in [0.5, 0.6) is 11.5 Å². The van der Waals surface area contributed by atoms with Crippen molar-refractivity contribution in [3.05, 3.63) is 90.0 Å². The van der Waals surface area contributed by atoms with Gasteiger partial charge in [-0.05, 0) is 49.2 Å². The molecular weight excluding hydrogens is 452 g/mol. The van der Waals surface area contributed by atoms with Crippen LogP contribution in [0.25, 0.3) is 0 Å². The van der Waals surface area contributed by atoms with Crippen LogP contribution in [0.1, 0.15) is 24.1 Å². The third-order valence-corrected chi connectivity index (χ3v) is 7.35. The number of hydrogen-bond donors (Lipinski definition) is 1. The first-order chi connectivity index (χ1) is 16.3. The molecular formula is C26H30N2O5S. The summed E-state index contributed by atoms with van der Waals surface area (Å²) in [4.78, 5) is 13.1. The van der Waals surface area contributed by atoms with Gasteiger partial charge in [-0.15, -0.1) is 0 Å². The largest absolute Gasteiger partial charge is 0.497 e. The van der Waals surface area contributed by atoms with Crippen LogP contribution in [-0.2, 0) is 21.2 Å². The zero-order chi connectivity index (χ0) is 24.6. The van der Waals surface area contributed by atoms with E-state index in [1.807, 2.05) is 61.5 Å². The van der Waals surface area contributed by atoms with E-state index in [4.69, 9.17) is 9.47 Å². The van der Waals surface area contributed by atoms with E-state index in [1.54, 1.807) is 19.2 Å². The lowest BCUT2D eigenvalue weighted by atomic mass is 10.1. The normalized spacial score (nSPS) is 12.2. The third-order valence-electron chi connectivity index (χ3n) is 5.49. The van der Waals surface area contributed by atoms with E-state index >= 15 is 0 Å². The monoisotopic (exact) mass is 482 g/mol. The number of carbonyl (C=O) groups is 1. The number of rotatable bonds is 11. The van der Waals surface area contributed by atoms with Gasteiger partial charge in [0.2, 0.25) is 15.9 Å². The molecule has 0 aliphatic rings. The van der Waals surface area contributed by atoms with Crippen LogP contribution in [0.3, 0.4) is 0 Å². The molecule has 3 aromatic carbocycles. The lowest BCUT2D eigenvalue weighted by Gasteiger charge is -2.24. The molecule has 3 aromatic rings. The number of hydrogen-bond acceptors (Lipinski definition) is 5. The van der Waals surface area contributed by atoms with Crippen molar-refractivity contribution in [2.45, 2.75) is 24.3 Å². The van der Waals surface area contributed by atoms with E-state index in [0.29, 0.717) is 17.9 Å². The minimum atomic E-state index is -3.91. The fraction of sp³-hybridized carbons (Fsp3) is 0.269. The van der Waals surface area contributed by atoms with Crippen LogP contribution >= 0.6 is 0 Å². The fourth-order valence-electron chi connectivity index (χ4n) is 3.63. The first-order valence-corrected chi connectivity index (χ1v) is 12.4. The second-order valence-electron chi connectivity index (χ2n) is 7.78. The highest BCUT2D eigenvalue weighted by Crippen LogP contribution is 2.25. The van der Waals surface area contributed by atoms with Crippen molar-refractivity contribution in [3.8, 4) is 11.5 Å². The highest BCUT2D eigenvalue weighted by molar-refractivity contribution is 7.89. The van der Waals surface area contributed by atoms with Crippen molar-refractivity contribution in [2.75, 3.05) is 27.3 Å². The number of carbonyl (C=O) groups excluding carboxylic acids is 1. The molecule has 0 aliphatic carbocycles. The van der Waals surface area contributed by atoms with Crippen molar-refractivity contribution >= 4 is 15.9 Å². The first-order valence-electron chi connectivity index (χ1n) is 11.0. The Bertz CT molecular complexity index is 1180. The average Bonchev–Trinajstić information content (AvgIpc) is 2.86. The number of ether oxygens (including phenoxy) is 2. The topological polar surface area (TPSA) is 84.9 Å². The number of amides is 1. The minimum absolute atomic E-state index is 0.104. The number of methoxy groups -OCH3 is 2. The molecule has 0 fully saturated rings. The zero-order valence-corrected chi connectivity index (χ0v) is 20.4. The van der Waals surface area contributed by atoms with Gasteiger partial charge in [-0.25, -0.2) is 8.42 Å². The fourth-order valence-corrected chi connectivity index (χ4v) is 5.03. The van der Waals surface area contributed by atoms with Gasteiger partial charge in [-0.2, -0.15) is 4.31 Å².